The third-order valence-electron chi connectivity index (χ3n) is 1.59. The van der Waals surface area contributed by atoms with Crippen LogP contribution in [0.5, 0.6) is 0 Å². The summed E-state index contributed by atoms with van der Waals surface area (Å²) in [7, 11) is 0. The topological polar surface area (TPSA) is 36.7 Å². The zero-order chi connectivity index (χ0) is 9.42. The fraction of sp³-hybridized carbons (Fsp3) is 0. The van der Waals surface area contributed by atoms with Gasteiger partial charge >= 0.3 is 51.4 Å². The van der Waals surface area contributed by atoms with Crippen LogP contribution in [0.2, 0.25) is 0 Å². The number of nitrogens with zero attached hydrogens (tertiary/aromatic N) is 2. The maximum absolute atomic E-state index is 13.0. The van der Waals surface area contributed by atoms with E-state index in [-0.39, 0.29) is 56.9 Å². The molecule has 2 nitrogen and oxygen atoms in total. The van der Waals surface area contributed by atoms with Crippen LogP contribution in [0.1, 0.15) is 5.56 Å². The molecule has 6 heteroatoms. The van der Waals surface area contributed by atoms with Gasteiger partial charge in [-0.25, -0.2) is 9.37 Å². The van der Waals surface area contributed by atoms with Crippen molar-refractivity contribution in [2.75, 3.05) is 0 Å². The van der Waals surface area contributed by atoms with E-state index < -0.39 is 5.82 Å². The van der Waals surface area contributed by atoms with Crippen LogP contribution in [0.15, 0.2) is 16.5 Å². The Hall–Kier alpha value is 0.516. The first-order valence-electron chi connectivity index (χ1n) is 3.40. The molecule has 0 bridgehead atoms. The van der Waals surface area contributed by atoms with E-state index in [0.717, 1.165) is 4.70 Å². The van der Waals surface area contributed by atoms with Gasteiger partial charge in [-0.3, -0.25) is 0 Å². The number of aromatic nitrogens is 1. The Balaban J connectivity index is 0.000000980. The number of thiazole rings is 1. The molecule has 2 aromatic rings. The van der Waals surface area contributed by atoms with Gasteiger partial charge in [-0.2, -0.15) is 5.26 Å². The second kappa shape index (κ2) is 5.03. The van der Waals surface area contributed by atoms with E-state index in [9.17, 15) is 4.39 Å². The molecule has 0 amide bonds. The Kier molecular flexibility index (Phi) is 4.52. The van der Waals surface area contributed by atoms with Crippen molar-refractivity contribution in [3.63, 3.8) is 0 Å². The molecular weight excluding hydrogens is 246 g/mol. The van der Waals surface area contributed by atoms with Crippen LogP contribution >= 0.6 is 24.0 Å². The number of hydrogen-bond acceptors (Lipinski definition) is 4. The summed E-state index contributed by atoms with van der Waals surface area (Å²) in [5, 5.41) is 8.56. The first kappa shape index (κ1) is 12.6. The molecule has 0 fully saturated rings. The normalized spacial score (nSPS) is 9.50. The average molecular weight is 250 g/mol. The SMILES string of the molecule is N#Cc1cc2sc(S)nc2cc1F.[KH]. The number of thiol groups is 1. The van der Waals surface area contributed by atoms with Crippen LogP contribution < -0.4 is 0 Å². The van der Waals surface area contributed by atoms with E-state index in [4.69, 9.17) is 5.26 Å². The minimum absolute atomic E-state index is 0. The van der Waals surface area contributed by atoms with Crippen LogP contribution in [0.25, 0.3) is 10.2 Å². The molecule has 0 aliphatic carbocycles. The van der Waals surface area contributed by atoms with Crippen LogP contribution in [0.3, 0.4) is 0 Å². The molecule has 0 saturated heterocycles. The van der Waals surface area contributed by atoms with Crippen molar-refractivity contribution in [2.24, 2.45) is 0 Å². The molecule has 1 heterocycles. The summed E-state index contributed by atoms with van der Waals surface area (Å²) in [5.74, 6) is -0.534. The fourth-order valence-corrected chi connectivity index (χ4v) is 2.15. The summed E-state index contributed by atoms with van der Waals surface area (Å²) in [5.41, 5.74) is 0.594. The first-order chi connectivity index (χ1) is 6.20. The predicted octanol–water partition coefficient (Wildman–Crippen LogP) is 1.95. The molecule has 0 radical (unpaired) electrons. The predicted molar refractivity (Wildman–Crippen MR) is 58.7 cm³/mol. The van der Waals surface area contributed by atoms with Crippen molar-refractivity contribution in [3.05, 3.63) is 23.5 Å². The molecule has 1 aromatic carbocycles. The summed E-state index contributed by atoms with van der Waals surface area (Å²) in [4.78, 5) is 3.98. The number of hydrogen-bond donors (Lipinski definition) is 1. The van der Waals surface area contributed by atoms with E-state index in [1.54, 1.807) is 6.07 Å². The summed E-state index contributed by atoms with van der Waals surface area (Å²) in [6.07, 6.45) is 0. The van der Waals surface area contributed by atoms with Gasteiger partial charge in [0.05, 0.1) is 15.8 Å². The van der Waals surface area contributed by atoms with Crippen molar-refractivity contribution in [2.45, 2.75) is 4.34 Å². The maximum atomic E-state index is 13.0. The molecule has 0 saturated carbocycles. The van der Waals surface area contributed by atoms with E-state index in [0.29, 0.717) is 9.86 Å². The Bertz CT molecular complexity index is 518. The number of halogens is 1. The zero-order valence-electron chi connectivity index (χ0n) is 6.28. The van der Waals surface area contributed by atoms with Gasteiger partial charge in [0.1, 0.15) is 16.2 Å². The van der Waals surface area contributed by atoms with Gasteiger partial charge in [-0.1, -0.05) is 0 Å². The molecule has 0 aliphatic heterocycles. The van der Waals surface area contributed by atoms with Crippen molar-refractivity contribution in [3.8, 4) is 6.07 Å². The van der Waals surface area contributed by atoms with Gasteiger partial charge in [0.15, 0.2) is 0 Å². The van der Waals surface area contributed by atoms with E-state index >= 15 is 0 Å². The molecule has 0 atom stereocenters. The molecule has 0 spiro atoms. The van der Waals surface area contributed by atoms with Crippen molar-refractivity contribution in [1.82, 2.24) is 4.98 Å². The second-order valence-electron chi connectivity index (χ2n) is 2.41. The van der Waals surface area contributed by atoms with E-state index in [1.807, 2.05) is 0 Å². The van der Waals surface area contributed by atoms with Crippen molar-refractivity contribution < 1.29 is 4.39 Å². The van der Waals surface area contributed by atoms with Crippen LogP contribution in [-0.2, 0) is 0 Å². The average Bonchev–Trinajstić information content (AvgIpc) is 2.42. The van der Waals surface area contributed by atoms with Crippen LogP contribution in [0, 0.1) is 17.1 Å². The molecule has 66 valence electrons. The van der Waals surface area contributed by atoms with Gasteiger partial charge in [0.25, 0.3) is 0 Å². The van der Waals surface area contributed by atoms with Crippen molar-refractivity contribution in [1.29, 1.82) is 5.26 Å². The monoisotopic (exact) mass is 250 g/mol. The molecule has 0 aliphatic rings. The van der Waals surface area contributed by atoms with Gasteiger partial charge in [-0.15, -0.1) is 24.0 Å². The molecule has 1 aromatic heterocycles. The summed E-state index contributed by atoms with van der Waals surface area (Å²) in [6, 6.07) is 4.52. The van der Waals surface area contributed by atoms with E-state index in [1.165, 1.54) is 23.5 Å². The van der Waals surface area contributed by atoms with Crippen LogP contribution in [-0.4, -0.2) is 56.4 Å². The van der Waals surface area contributed by atoms with Gasteiger partial charge in [0, 0.05) is 6.07 Å². The van der Waals surface area contributed by atoms with E-state index in [2.05, 4.69) is 17.6 Å². The standard InChI is InChI=1S/C8H3FN2S2.K.H/c9-5-2-6-7(1-4(5)3-10)13-8(12)11-6;;/h1-2H,(H,11,12);;. The minimum atomic E-state index is -0.534. The van der Waals surface area contributed by atoms with Crippen LogP contribution in [0.4, 0.5) is 4.39 Å². The number of rotatable bonds is 0. The third-order valence-corrected chi connectivity index (χ3v) is 2.78. The zero-order valence-corrected chi connectivity index (χ0v) is 7.99. The summed E-state index contributed by atoms with van der Waals surface area (Å²) >= 11 is 5.37. The Labute approximate surface area is 132 Å². The first-order valence-corrected chi connectivity index (χ1v) is 4.66. The molecule has 2 rings (SSSR count). The number of benzene rings is 1. The van der Waals surface area contributed by atoms with Gasteiger partial charge in [-0.05, 0) is 6.07 Å². The summed E-state index contributed by atoms with van der Waals surface area (Å²) < 4.78 is 14.4. The second-order valence-corrected chi connectivity index (χ2v) is 4.16. The van der Waals surface area contributed by atoms with Gasteiger partial charge < -0.3 is 0 Å². The Morgan fingerprint density at radius 2 is 2.21 bits per heavy atom. The number of fused-ring (bicyclic) bond motifs is 1. The van der Waals surface area contributed by atoms with Gasteiger partial charge in [0.2, 0.25) is 0 Å². The fourth-order valence-electron chi connectivity index (χ4n) is 1.02. The number of nitriles is 1. The quantitative estimate of drug-likeness (QED) is 0.573. The summed E-state index contributed by atoms with van der Waals surface area (Å²) in [6.45, 7) is 0. The Morgan fingerprint density at radius 3 is 2.86 bits per heavy atom. The third kappa shape index (κ3) is 2.36. The Morgan fingerprint density at radius 1 is 1.50 bits per heavy atom. The van der Waals surface area contributed by atoms with Crippen molar-refractivity contribution >= 4 is 85.6 Å². The molecular formula is C8H4FKN2S2. The molecule has 0 N–H and O–H groups in total. The molecule has 0 unspecified atom stereocenters. The molecule has 14 heavy (non-hydrogen) atoms.